The first-order valence-corrected chi connectivity index (χ1v) is 9.14. The quantitative estimate of drug-likeness (QED) is 0.796. The maximum absolute atomic E-state index is 12.9. The summed E-state index contributed by atoms with van der Waals surface area (Å²) in [6.07, 6.45) is 4.67. The van der Waals surface area contributed by atoms with Gasteiger partial charge in [-0.05, 0) is 44.5 Å². The number of carbonyl (C=O) groups is 1. The van der Waals surface area contributed by atoms with Crippen molar-refractivity contribution in [2.75, 3.05) is 39.8 Å². The van der Waals surface area contributed by atoms with Crippen LogP contribution in [0.15, 0.2) is 6.07 Å². The van der Waals surface area contributed by atoms with Crippen LogP contribution in [-0.4, -0.2) is 55.5 Å². The molecule has 1 aromatic heterocycles. The van der Waals surface area contributed by atoms with Gasteiger partial charge in [0.1, 0.15) is 0 Å². The van der Waals surface area contributed by atoms with Gasteiger partial charge in [-0.2, -0.15) is 0 Å². The standard InChI is InChI=1S/C17H24N2O2S/c1-18-6-2-4-17(11-18)5-7-19(12-17)16(20)15-9-13-10-21-8-3-14(13)22-15/h9H,2-8,10-12H2,1H3. The Balaban J connectivity index is 1.48. The third kappa shape index (κ3) is 2.59. The molecular formula is C17H24N2O2S. The summed E-state index contributed by atoms with van der Waals surface area (Å²) < 4.78 is 5.49. The average Bonchev–Trinajstić information content (AvgIpc) is 3.11. The molecule has 22 heavy (non-hydrogen) atoms. The van der Waals surface area contributed by atoms with Crippen LogP contribution in [-0.2, 0) is 17.8 Å². The third-order valence-corrected chi connectivity index (χ3v) is 6.64. The van der Waals surface area contributed by atoms with E-state index in [1.807, 2.05) is 0 Å². The molecule has 120 valence electrons. The molecule has 1 unspecified atom stereocenters. The van der Waals surface area contributed by atoms with Crippen LogP contribution in [0.3, 0.4) is 0 Å². The van der Waals surface area contributed by atoms with E-state index in [0.717, 1.165) is 44.0 Å². The Morgan fingerprint density at radius 3 is 3.05 bits per heavy atom. The van der Waals surface area contributed by atoms with Gasteiger partial charge in [0, 0.05) is 36.3 Å². The largest absolute Gasteiger partial charge is 0.376 e. The van der Waals surface area contributed by atoms with Crippen LogP contribution >= 0.6 is 11.3 Å². The van der Waals surface area contributed by atoms with Gasteiger partial charge >= 0.3 is 0 Å². The van der Waals surface area contributed by atoms with Crippen LogP contribution in [0.5, 0.6) is 0 Å². The number of amides is 1. The van der Waals surface area contributed by atoms with Gasteiger partial charge in [0.05, 0.1) is 18.1 Å². The van der Waals surface area contributed by atoms with Crippen LogP contribution in [0.4, 0.5) is 0 Å². The zero-order chi connectivity index (χ0) is 15.2. The van der Waals surface area contributed by atoms with Crippen LogP contribution in [0.2, 0.25) is 0 Å². The minimum Gasteiger partial charge on any atom is -0.376 e. The fourth-order valence-corrected chi connectivity index (χ4v) is 5.42. The van der Waals surface area contributed by atoms with E-state index in [2.05, 4.69) is 22.9 Å². The summed E-state index contributed by atoms with van der Waals surface area (Å²) >= 11 is 1.68. The lowest BCUT2D eigenvalue weighted by Gasteiger charge is -2.38. The summed E-state index contributed by atoms with van der Waals surface area (Å²) in [6.45, 7) is 5.67. The fourth-order valence-electron chi connectivity index (χ4n) is 4.30. The minimum absolute atomic E-state index is 0.240. The van der Waals surface area contributed by atoms with Gasteiger partial charge in [0.15, 0.2) is 0 Å². The summed E-state index contributed by atoms with van der Waals surface area (Å²) in [5, 5.41) is 0. The van der Waals surface area contributed by atoms with Gasteiger partial charge in [-0.15, -0.1) is 11.3 Å². The van der Waals surface area contributed by atoms with Crippen molar-refractivity contribution >= 4 is 17.2 Å². The van der Waals surface area contributed by atoms with E-state index in [9.17, 15) is 4.79 Å². The molecule has 2 saturated heterocycles. The van der Waals surface area contributed by atoms with Crippen molar-refractivity contribution in [2.45, 2.75) is 32.3 Å². The van der Waals surface area contributed by atoms with Gasteiger partial charge in [-0.25, -0.2) is 0 Å². The second-order valence-electron chi connectivity index (χ2n) is 7.18. The predicted octanol–water partition coefficient (Wildman–Crippen LogP) is 2.38. The summed E-state index contributed by atoms with van der Waals surface area (Å²) in [5.74, 6) is 0.240. The maximum atomic E-state index is 12.9. The molecule has 4 rings (SSSR count). The summed E-state index contributed by atoms with van der Waals surface area (Å²) in [7, 11) is 2.21. The van der Waals surface area contributed by atoms with E-state index in [-0.39, 0.29) is 5.91 Å². The van der Waals surface area contributed by atoms with Crippen LogP contribution in [0, 0.1) is 5.41 Å². The van der Waals surface area contributed by atoms with E-state index in [1.54, 1.807) is 11.3 Å². The molecule has 0 aromatic carbocycles. The highest BCUT2D eigenvalue weighted by Gasteiger charge is 2.42. The van der Waals surface area contributed by atoms with Gasteiger partial charge in [0.25, 0.3) is 5.91 Å². The Kier molecular flexibility index (Phi) is 3.75. The molecule has 1 aromatic rings. The number of piperidine rings is 1. The van der Waals surface area contributed by atoms with E-state index < -0.39 is 0 Å². The number of likely N-dealkylation sites (tertiary alicyclic amines) is 2. The van der Waals surface area contributed by atoms with Gasteiger partial charge < -0.3 is 14.5 Å². The second kappa shape index (κ2) is 5.62. The highest BCUT2D eigenvalue weighted by molar-refractivity contribution is 7.14. The van der Waals surface area contributed by atoms with Crippen molar-refractivity contribution in [3.8, 4) is 0 Å². The number of rotatable bonds is 1. The number of nitrogens with zero attached hydrogens (tertiary/aromatic N) is 2. The smallest absolute Gasteiger partial charge is 0.263 e. The Morgan fingerprint density at radius 1 is 1.32 bits per heavy atom. The van der Waals surface area contributed by atoms with Gasteiger partial charge in [-0.1, -0.05) is 0 Å². The molecule has 1 spiro atoms. The van der Waals surface area contributed by atoms with Crippen molar-refractivity contribution in [1.82, 2.24) is 9.80 Å². The van der Waals surface area contributed by atoms with Crippen molar-refractivity contribution in [2.24, 2.45) is 5.41 Å². The Morgan fingerprint density at radius 2 is 2.23 bits per heavy atom. The van der Waals surface area contributed by atoms with E-state index in [0.29, 0.717) is 12.0 Å². The van der Waals surface area contributed by atoms with E-state index in [1.165, 1.54) is 29.8 Å². The topological polar surface area (TPSA) is 32.8 Å². The molecular weight excluding hydrogens is 296 g/mol. The molecule has 0 radical (unpaired) electrons. The molecule has 0 bridgehead atoms. The summed E-state index contributed by atoms with van der Waals surface area (Å²) in [4.78, 5) is 19.6. The van der Waals surface area contributed by atoms with Crippen LogP contribution in [0.25, 0.3) is 0 Å². The Labute approximate surface area is 136 Å². The minimum atomic E-state index is 0.240. The third-order valence-electron chi connectivity index (χ3n) is 5.42. The highest BCUT2D eigenvalue weighted by atomic mass is 32.1. The number of hydrogen-bond acceptors (Lipinski definition) is 4. The van der Waals surface area contributed by atoms with Crippen molar-refractivity contribution < 1.29 is 9.53 Å². The highest BCUT2D eigenvalue weighted by Crippen LogP contribution is 2.39. The second-order valence-corrected chi connectivity index (χ2v) is 8.32. The van der Waals surface area contributed by atoms with E-state index in [4.69, 9.17) is 4.74 Å². The summed E-state index contributed by atoms with van der Waals surface area (Å²) in [6, 6.07) is 2.07. The SMILES string of the molecule is CN1CCCC2(CCN(C(=O)c3cc4c(s3)CCOC4)C2)C1. The molecule has 2 fully saturated rings. The average molecular weight is 320 g/mol. The molecule has 0 aliphatic carbocycles. The molecule has 1 atom stereocenters. The number of thiophene rings is 1. The van der Waals surface area contributed by atoms with Crippen molar-refractivity contribution in [3.63, 3.8) is 0 Å². The number of fused-ring (bicyclic) bond motifs is 1. The maximum Gasteiger partial charge on any atom is 0.263 e. The van der Waals surface area contributed by atoms with Gasteiger partial charge in [-0.3, -0.25) is 4.79 Å². The normalized spacial score (nSPS) is 29.0. The molecule has 0 saturated carbocycles. The first kappa shape index (κ1) is 14.7. The molecule has 0 N–H and O–H groups in total. The first-order chi connectivity index (χ1) is 10.7. The van der Waals surface area contributed by atoms with Crippen molar-refractivity contribution in [3.05, 3.63) is 21.4 Å². The van der Waals surface area contributed by atoms with E-state index >= 15 is 0 Å². The lowest BCUT2D eigenvalue weighted by atomic mass is 9.79. The number of carbonyl (C=O) groups excluding carboxylic acids is 1. The lowest BCUT2D eigenvalue weighted by Crippen LogP contribution is -2.43. The molecule has 4 nitrogen and oxygen atoms in total. The Bertz CT molecular complexity index is 562. The van der Waals surface area contributed by atoms with Crippen molar-refractivity contribution in [1.29, 1.82) is 0 Å². The predicted molar refractivity (Wildman–Crippen MR) is 87.4 cm³/mol. The monoisotopic (exact) mass is 320 g/mol. The van der Waals surface area contributed by atoms with Gasteiger partial charge in [0.2, 0.25) is 0 Å². The lowest BCUT2D eigenvalue weighted by molar-refractivity contribution is 0.0726. The Hall–Kier alpha value is -0.910. The first-order valence-electron chi connectivity index (χ1n) is 8.32. The fraction of sp³-hybridized carbons (Fsp3) is 0.706. The zero-order valence-electron chi connectivity index (χ0n) is 13.3. The number of ether oxygens (including phenoxy) is 1. The molecule has 3 aliphatic heterocycles. The zero-order valence-corrected chi connectivity index (χ0v) is 14.1. The number of hydrogen-bond donors (Lipinski definition) is 0. The molecule has 4 heterocycles. The van der Waals surface area contributed by atoms with Crippen LogP contribution < -0.4 is 0 Å². The summed E-state index contributed by atoms with van der Waals surface area (Å²) in [5.41, 5.74) is 1.58. The molecule has 5 heteroatoms. The molecule has 3 aliphatic rings. The van der Waals surface area contributed by atoms with Crippen LogP contribution in [0.1, 0.15) is 39.4 Å². The molecule has 1 amide bonds.